The van der Waals surface area contributed by atoms with E-state index in [9.17, 15) is 4.79 Å². The molecule has 0 aliphatic heterocycles. The zero-order valence-electron chi connectivity index (χ0n) is 11.7. The van der Waals surface area contributed by atoms with Crippen LogP contribution in [-0.4, -0.2) is 50.2 Å². The first kappa shape index (κ1) is 16.1. The van der Waals surface area contributed by atoms with Crippen LogP contribution in [0.25, 0.3) is 0 Å². The molecule has 0 saturated heterocycles. The molecular formula is C13H19NO6. The SMILES string of the molecule is COc1cc(OC)c(CN[C@@H](CO)C(=O)O)c(OC)c1. The first-order valence-corrected chi connectivity index (χ1v) is 5.93. The van der Waals surface area contributed by atoms with Crippen molar-refractivity contribution in [3.63, 3.8) is 0 Å². The predicted molar refractivity (Wildman–Crippen MR) is 71.4 cm³/mol. The normalized spacial score (nSPS) is 11.8. The van der Waals surface area contributed by atoms with Gasteiger partial charge >= 0.3 is 5.97 Å². The number of aliphatic carboxylic acids is 1. The molecule has 0 spiro atoms. The minimum Gasteiger partial charge on any atom is -0.496 e. The summed E-state index contributed by atoms with van der Waals surface area (Å²) in [7, 11) is 4.52. The van der Waals surface area contributed by atoms with E-state index in [1.165, 1.54) is 21.3 Å². The number of aliphatic hydroxyl groups is 1. The van der Waals surface area contributed by atoms with Gasteiger partial charge in [-0.25, -0.2) is 0 Å². The zero-order valence-corrected chi connectivity index (χ0v) is 11.7. The van der Waals surface area contributed by atoms with Crippen molar-refractivity contribution in [3.05, 3.63) is 17.7 Å². The number of carbonyl (C=O) groups is 1. The van der Waals surface area contributed by atoms with Gasteiger partial charge < -0.3 is 24.4 Å². The smallest absolute Gasteiger partial charge is 0.323 e. The van der Waals surface area contributed by atoms with Gasteiger partial charge in [0, 0.05) is 18.7 Å². The maximum absolute atomic E-state index is 10.9. The van der Waals surface area contributed by atoms with Crippen molar-refractivity contribution in [1.29, 1.82) is 0 Å². The van der Waals surface area contributed by atoms with Crippen molar-refractivity contribution in [3.8, 4) is 17.2 Å². The van der Waals surface area contributed by atoms with Gasteiger partial charge in [-0.05, 0) is 0 Å². The van der Waals surface area contributed by atoms with Crippen LogP contribution >= 0.6 is 0 Å². The Bertz CT molecular complexity index is 437. The summed E-state index contributed by atoms with van der Waals surface area (Å²) >= 11 is 0. The molecule has 3 N–H and O–H groups in total. The Morgan fingerprint density at radius 2 is 1.75 bits per heavy atom. The Morgan fingerprint density at radius 1 is 1.20 bits per heavy atom. The number of hydrogen-bond acceptors (Lipinski definition) is 6. The fourth-order valence-corrected chi connectivity index (χ4v) is 1.71. The third kappa shape index (κ3) is 3.75. The van der Waals surface area contributed by atoms with E-state index in [1.54, 1.807) is 12.1 Å². The van der Waals surface area contributed by atoms with Gasteiger partial charge in [-0.1, -0.05) is 0 Å². The van der Waals surface area contributed by atoms with Crippen LogP contribution in [0, 0.1) is 0 Å². The summed E-state index contributed by atoms with van der Waals surface area (Å²) in [6.45, 7) is -0.329. The molecule has 0 aliphatic carbocycles. The molecule has 0 saturated carbocycles. The second-order valence-corrected chi connectivity index (χ2v) is 3.96. The van der Waals surface area contributed by atoms with E-state index in [1.807, 2.05) is 0 Å². The third-order valence-corrected chi connectivity index (χ3v) is 2.82. The summed E-state index contributed by atoms with van der Waals surface area (Å²) in [4.78, 5) is 10.9. The highest BCUT2D eigenvalue weighted by Crippen LogP contribution is 2.33. The van der Waals surface area contributed by atoms with Crippen molar-refractivity contribution in [2.75, 3.05) is 27.9 Å². The summed E-state index contributed by atoms with van der Waals surface area (Å²) in [6.07, 6.45) is 0. The molecule has 1 aromatic rings. The lowest BCUT2D eigenvalue weighted by Gasteiger charge is -2.17. The molecule has 0 amide bonds. The van der Waals surface area contributed by atoms with Crippen LogP contribution in [0.2, 0.25) is 0 Å². The first-order chi connectivity index (χ1) is 9.57. The van der Waals surface area contributed by atoms with Crippen molar-refractivity contribution in [2.24, 2.45) is 0 Å². The Labute approximate surface area is 117 Å². The number of carboxylic acids is 1. The molecule has 0 radical (unpaired) electrons. The van der Waals surface area contributed by atoms with E-state index in [2.05, 4.69) is 5.32 Å². The van der Waals surface area contributed by atoms with E-state index in [-0.39, 0.29) is 6.54 Å². The molecule has 112 valence electrons. The van der Waals surface area contributed by atoms with Crippen molar-refractivity contribution in [1.82, 2.24) is 5.32 Å². The van der Waals surface area contributed by atoms with Crippen LogP contribution in [0.15, 0.2) is 12.1 Å². The highest BCUT2D eigenvalue weighted by Gasteiger charge is 2.18. The van der Waals surface area contributed by atoms with Crippen molar-refractivity contribution >= 4 is 5.97 Å². The number of ether oxygens (including phenoxy) is 3. The van der Waals surface area contributed by atoms with Crippen LogP contribution in [0.3, 0.4) is 0 Å². The average molecular weight is 285 g/mol. The van der Waals surface area contributed by atoms with Crippen LogP contribution in [0.5, 0.6) is 17.2 Å². The average Bonchev–Trinajstić information content (AvgIpc) is 2.46. The number of aliphatic hydroxyl groups excluding tert-OH is 1. The fourth-order valence-electron chi connectivity index (χ4n) is 1.71. The quantitative estimate of drug-likeness (QED) is 0.629. The summed E-state index contributed by atoms with van der Waals surface area (Å²) in [5.41, 5.74) is 0.649. The molecule has 0 unspecified atom stereocenters. The first-order valence-electron chi connectivity index (χ1n) is 5.93. The maximum Gasteiger partial charge on any atom is 0.323 e. The standard InChI is InChI=1S/C13H19NO6/c1-18-8-4-11(19-2)9(12(5-8)20-3)6-14-10(7-15)13(16)17/h4-5,10,14-15H,6-7H2,1-3H3,(H,16,17)/t10-/m0/s1. The molecule has 20 heavy (non-hydrogen) atoms. The summed E-state index contributed by atoms with van der Waals surface area (Å²) in [6, 6.07) is 2.30. The number of benzene rings is 1. The van der Waals surface area contributed by atoms with Gasteiger partial charge in [-0.2, -0.15) is 0 Å². The number of nitrogens with one attached hydrogen (secondary N) is 1. The lowest BCUT2D eigenvalue weighted by Crippen LogP contribution is -2.39. The second kappa shape index (κ2) is 7.56. The molecule has 0 fully saturated rings. The highest BCUT2D eigenvalue weighted by atomic mass is 16.5. The van der Waals surface area contributed by atoms with Crippen molar-refractivity contribution in [2.45, 2.75) is 12.6 Å². The Balaban J connectivity index is 3.00. The monoisotopic (exact) mass is 285 g/mol. The van der Waals surface area contributed by atoms with Gasteiger partial charge in [0.2, 0.25) is 0 Å². The van der Waals surface area contributed by atoms with E-state index in [0.717, 1.165) is 0 Å². The van der Waals surface area contributed by atoms with E-state index < -0.39 is 18.6 Å². The summed E-state index contributed by atoms with van der Waals surface area (Å²) in [5.74, 6) is 0.463. The molecular weight excluding hydrogens is 266 g/mol. The van der Waals surface area contributed by atoms with E-state index >= 15 is 0 Å². The molecule has 7 nitrogen and oxygen atoms in total. The van der Waals surface area contributed by atoms with Crippen LogP contribution < -0.4 is 19.5 Å². The summed E-state index contributed by atoms with van der Waals surface area (Å²) < 4.78 is 15.6. The van der Waals surface area contributed by atoms with Crippen LogP contribution in [0.4, 0.5) is 0 Å². The predicted octanol–water partition coefficient (Wildman–Crippen LogP) is 0.247. The van der Waals surface area contributed by atoms with Gasteiger partial charge in [-0.3, -0.25) is 10.1 Å². The van der Waals surface area contributed by atoms with Gasteiger partial charge in [0.15, 0.2) is 0 Å². The van der Waals surface area contributed by atoms with E-state index in [4.69, 9.17) is 24.4 Å². The Hall–Kier alpha value is -1.99. The molecule has 1 atom stereocenters. The Kier molecular flexibility index (Phi) is 6.08. The minimum atomic E-state index is -1.13. The molecule has 0 bridgehead atoms. The second-order valence-electron chi connectivity index (χ2n) is 3.96. The third-order valence-electron chi connectivity index (χ3n) is 2.82. The maximum atomic E-state index is 10.9. The van der Waals surface area contributed by atoms with Gasteiger partial charge in [0.25, 0.3) is 0 Å². The largest absolute Gasteiger partial charge is 0.496 e. The molecule has 1 aromatic carbocycles. The lowest BCUT2D eigenvalue weighted by molar-refractivity contribution is -0.140. The minimum absolute atomic E-state index is 0.174. The summed E-state index contributed by atoms with van der Waals surface area (Å²) in [5, 5.41) is 20.6. The fraction of sp³-hybridized carbons (Fsp3) is 0.462. The van der Waals surface area contributed by atoms with Crippen LogP contribution in [-0.2, 0) is 11.3 Å². The molecule has 0 heterocycles. The number of rotatable bonds is 8. The highest BCUT2D eigenvalue weighted by molar-refractivity contribution is 5.73. The Morgan fingerprint density at radius 3 is 2.10 bits per heavy atom. The number of carboxylic acid groups (broad SMARTS) is 1. The van der Waals surface area contributed by atoms with Gasteiger partial charge in [-0.15, -0.1) is 0 Å². The topological polar surface area (TPSA) is 97.2 Å². The van der Waals surface area contributed by atoms with Crippen molar-refractivity contribution < 1.29 is 29.2 Å². The molecule has 0 aliphatic rings. The number of methoxy groups -OCH3 is 3. The van der Waals surface area contributed by atoms with E-state index in [0.29, 0.717) is 22.8 Å². The molecule has 1 rings (SSSR count). The molecule has 7 heteroatoms. The zero-order chi connectivity index (χ0) is 15.1. The molecule has 0 aromatic heterocycles. The lowest BCUT2D eigenvalue weighted by atomic mass is 10.1. The van der Waals surface area contributed by atoms with Gasteiger partial charge in [0.05, 0.1) is 33.5 Å². The van der Waals surface area contributed by atoms with Crippen LogP contribution in [0.1, 0.15) is 5.56 Å². The van der Waals surface area contributed by atoms with Gasteiger partial charge in [0.1, 0.15) is 23.3 Å². The number of hydrogen-bond donors (Lipinski definition) is 3.